The van der Waals surface area contributed by atoms with Crippen molar-refractivity contribution in [2.24, 2.45) is 11.8 Å². The van der Waals surface area contributed by atoms with Crippen molar-refractivity contribution in [2.75, 3.05) is 18.4 Å². The molecule has 1 heterocycles. The molecule has 118 valence electrons. The quantitative estimate of drug-likeness (QED) is 0.773. The Labute approximate surface area is 128 Å². The van der Waals surface area contributed by atoms with Gasteiger partial charge in [-0.15, -0.1) is 0 Å². The lowest BCUT2D eigenvalue weighted by Crippen LogP contribution is -2.26. The van der Waals surface area contributed by atoms with E-state index in [1.165, 1.54) is 0 Å². The van der Waals surface area contributed by atoms with E-state index in [2.05, 4.69) is 48.3 Å². The van der Waals surface area contributed by atoms with Gasteiger partial charge in [0.2, 0.25) is 0 Å². The van der Waals surface area contributed by atoms with E-state index >= 15 is 0 Å². The van der Waals surface area contributed by atoms with Crippen LogP contribution in [0.5, 0.6) is 0 Å². The number of hydrogen-bond donors (Lipinski definition) is 2. The average Bonchev–Trinajstić information content (AvgIpc) is 2.37. The standard InChI is InChI=1S/C16H28N4O/c1-11(2)6-8-17-15-10-14(19-13(5)20-15)16(21)18-9-7-12(3)4/h10-12H,6-9H2,1-5H3,(H,18,21)(H,17,19,20). The van der Waals surface area contributed by atoms with Gasteiger partial charge in [0, 0.05) is 19.2 Å². The van der Waals surface area contributed by atoms with Crippen molar-refractivity contribution in [3.05, 3.63) is 17.6 Å². The summed E-state index contributed by atoms with van der Waals surface area (Å²) in [5.41, 5.74) is 0.429. The number of nitrogens with one attached hydrogen (secondary N) is 2. The van der Waals surface area contributed by atoms with Gasteiger partial charge in [0.1, 0.15) is 17.3 Å². The van der Waals surface area contributed by atoms with Gasteiger partial charge in [-0.05, 0) is 31.6 Å². The van der Waals surface area contributed by atoms with Crippen LogP contribution < -0.4 is 10.6 Å². The van der Waals surface area contributed by atoms with Crippen molar-refractivity contribution in [1.82, 2.24) is 15.3 Å². The summed E-state index contributed by atoms with van der Waals surface area (Å²) in [6.45, 7) is 12.0. The molecule has 0 radical (unpaired) electrons. The molecule has 0 saturated heterocycles. The maximum atomic E-state index is 12.1. The van der Waals surface area contributed by atoms with Crippen LogP contribution in [-0.4, -0.2) is 29.0 Å². The summed E-state index contributed by atoms with van der Waals surface area (Å²) in [7, 11) is 0. The fourth-order valence-electron chi connectivity index (χ4n) is 1.83. The lowest BCUT2D eigenvalue weighted by Gasteiger charge is -2.10. The summed E-state index contributed by atoms with van der Waals surface area (Å²) in [5, 5.41) is 6.16. The molecule has 0 bridgehead atoms. The SMILES string of the molecule is Cc1nc(NCCC(C)C)cc(C(=O)NCCC(C)C)n1. The molecule has 5 heteroatoms. The number of amides is 1. The highest BCUT2D eigenvalue weighted by molar-refractivity contribution is 5.92. The van der Waals surface area contributed by atoms with Crippen LogP contribution in [-0.2, 0) is 0 Å². The molecule has 0 fully saturated rings. The van der Waals surface area contributed by atoms with E-state index in [1.54, 1.807) is 13.0 Å². The van der Waals surface area contributed by atoms with E-state index in [1.807, 2.05) is 0 Å². The van der Waals surface area contributed by atoms with Crippen LogP contribution in [0.4, 0.5) is 5.82 Å². The molecule has 0 aromatic carbocycles. The van der Waals surface area contributed by atoms with Gasteiger partial charge in [-0.2, -0.15) is 0 Å². The molecule has 1 aromatic heterocycles. The Kier molecular flexibility index (Phi) is 7.12. The van der Waals surface area contributed by atoms with Gasteiger partial charge in [-0.3, -0.25) is 4.79 Å². The first-order chi connectivity index (χ1) is 9.88. The van der Waals surface area contributed by atoms with Crippen molar-refractivity contribution in [3.63, 3.8) is 0 Å². The van der Waals surface area contributed by atoms with Crippen LogP contribution in [0.3, 0.4) is 0 Å². The molecule has 2 N–H and O–H groups in total. The first-order valence-corrected chi connectivity index (χ1v) is 7.76. The van der Waals surface area contributed by atoms with Crippen LogP contribution >= 0.6 is 0 Å². The summed E-state index contributed by atoms with van der Waals surface area (Å²) >= 11 is 0. The highest BCUT2D eigenvalue weighted by atomic mass is 16.1. The molecule has 0 atom stereocenters. The molecule has 0 aliphatic rings. The summed E-state index contributed by atoms with van der Waals surface area (Å²) in [5.74, 6) is 2.41. The van der Waals surface area contributed by atoms with Crippen molar-refractivity contribution in [3.8, 4) is 0 Å². The third kappa shape index (κ3) is 7.06. The van der Waals surface area contributed by atoms with Crippen molar-refractivity contribution < 1.29 is 4.79 Å². The number of carbonyl (C=O) groups is 1. The Hall–Kier alpha value is -1.65. The predicted molar refractivity (Wildman–Crippen MR) is 86.5 cm³/mol. The monoisotopic (exact) mass is 292 g/mol. The van der Waals surface area contributed by atoms with Crippen LogP contribution in [0.25, 0.3) is 0 Å². The van der Waals surface area contributed by atoms with E-state index in [4.69, 9.17) is 0 Å². The second-order valence-electron chi connectivity index (χ2n) is 6.23. The normalized spacial score (nSPS) is 11.0. The number of hydrogen-bond acceptors (Lipinski definition) is 4. The minimum absolute atomic E-state index is 0.131. The molecule has 1 aromatic rings. The number of rotatable bonds is 8. The summed E-state index contributed by atoms with van der Waals surface area (Å²) in [6, 6.07) is 1.72. The van der Waals surface area contributed by atoms with E-state index in [9.17, 15) is 4.79 Å². The molecule has 0 spiro atoms. The number of carbonyl (C=O) groups excluding carboxylic acids is 1. The van der Waals surface area contributed by atoms with Crippen molar-refractivity contribution in [2.45, 2.75) is 47.5 Å². The predicted octanol–water partition coefficient (Wildman–Crippen LogP) is 3.02. The Morgan fingerprint density at radius 2 is 1.71 bits per heavy atom. The van der Waals surface area contributed by atoms with E-state index in [0.717, 1.165) is 25.2 Å². The molecular weight excluding hydrogens is 264 g/mol. The second-order valence-corrected chi connectivity index (χ2v) is 6.23. The Balaban J connectivity index is 2.61. The van der Waals surface area contributed by atoms with Gasteiger partial charge < -0.3 is 10.6 Å². The Morgan fingerprint density at radius 1 is 1.10 bits per heavy atom. The Bertz CT molecular complexity index is 458. The highest BCUT2D eigenvalue weighted by Gasteiger charge is 2.10. The van der Waals surface area contributed by atoms with Gasteiger partial charge in [0.25, 0.3) is 5.91 Å². The van der Waals surface area contributed by atoms with Crippen molar-refractivity contribution >= 4 is 11.7 Å². The minimum Gasteiger partial charge on any atom is -0.370 e. The van der Waals surface area contributed by atoms with Crippen LogP contribution in [0.1, 0.15) is 56.8 Å². The van der Waals surface area contributed by atoms with Gasteiger partial charge >= 0.3 is 0 Å². The number of nitrogens with zero attached hydrogens (tertiary/aromatic N) is 2. The van der Waals surface area contributed by atoms with Gasteiger partial charge in [0.15, 0.2) is 0 Å². The third-order valence-corrected chi connectivity index (χ3v) is 3.11. The van der Waals surface area contributed by atoms with E-state index < -0.39 is 0 Å². The first kappa shape index (κ1) is 17.4. The molecule has 0 aliphatic carbocycles. The average molecular weight is 292 g/mol. The summed E-state index contributed by atoms with van der Waals surface area (Å²) < 4.78 is 0. The molecule has 5 nitrogen and oxygen atoms in total. The lowest BCUT2D eigenvalue weighted by atomic mass is 10.1. The molecule has 0 aliphatic heterocycles. The topological polar surface area (TPSA) is 66.9 Å². The lowest BCUT2D eigenvalue weighted by molar-refractivity contribution is 0.0946. The number of anilines is 1. The van der Waals surface area contributed by atoms with Crippen LogP contribution in [0, 0.1) is 18.8 Å². The van der Waals surface area contributed by atoms with E-state index in [0.29, 0.717) is 29.9 Å². The summed E-state index contributed by atoms with van der Waals surface area (Å²) in [4.78, 5) is 20.6. The fourth-order valence-corrected chi connectivity index (χ4v) is 1.83. The third-order valence-electron chi connectivity index (χ3n) is 3.11. The molecule has 0 unspecified atom stereocenters. The van der Waals surface area contributed by atoms with Crippen LogP contribution in [0.2, 0.25) is 0 Å². The van der Waals surface area contributed by atoms with Crippen LogP contribution in [0.15, 0.2) is 6.07 Å². The zero-order valence-corrected chi connectivity index (χ0v) is 13.9. The molecule has 21 heavy (non-hydrogen) atoms. The van der Waals surface area contributed by atoms with E-state index in [-0.39, 0.29) is 5.91 Å². The zero-order valence-electron chi connectivity index (χ0n) is 13.9. The minimum atomic E-state index is -0.131. The van der Waals surface area contributed by atoms with Gasteiger partial charge in [0.05, 0.1) is 0 Å². The van der Waals surface area contributed by atoms with Gasteiger partial charge in [-0.25, -0.2) is 9.97 Å². The summed E-state index contributed by atoms with van der Waals surface area (Å²) in [6.07, 6.45) is 2.04. The fraction of sp³-hybridized carbons (Fsp3) is 0.688. The first-order valence-electron chi connectivity index (χ1n) is 7.76. The molecular formula is C16H28N4O. The molecule has 1 amide bonds. The molecule has 0 saturated carbocycles. The second kappa shape index (κ2) is 8.60. The number of aromatic nitrogens is 2. The number of aryl methyl sites for hydroxylation is 1. The molecule has 1 rings (SSSR count). The maximum Gasteiger partial charge on any atom is 0.270 e. The van der Waals surface area contributed by atoms with Gasteiger partial charge in [-0.1, -0.05) is 27.7 Å². The van der Waals surface area contributed by atoms with Crippen molar-refractivity contribution in [1.29, 1.82) is 0 Å². The largest absolute Gasteiger partial charge is 0.370 e. The highest BCUT2D eigenvalue weighted by Crippen LogP contribution is 2.08. The smallest absolute Gasteiger partial charge is 0.270 e. The Morgan fingerprint density at radius 3 is 2.33 bits per heavy atom. The maximum absolute atomic E-state index is 12.1. The zero-order chi connectivity index (χ0) is 15.8.